The van der Waals surface area contributed by atoms with E-state index in [2.05, 4.69) is 10.6 Å². The second-order valence-corrected chi connectivity index (χ2v) is 4.88. The molecule has 2 fully saturated rings. The summed E-state index contributed by atoms with van der Waals surface area (Å²) in [6.45, 7) is 3.76. The van der Waals surface area contributed by atoms with Crippen LogP contribution in [-0.2, 0) is 0 Å². The Hall–Kier alpha value is -0.770. The fourth-order valence-electron chi connectivity index (χ4n) is 2.52. The first-order valence-electron chi connectivity index (χ1n) is 6.62. The number of hydrogen-bond acceptors (Lipinski definition) is 2. The highest BCUT2D eigenvalue weighted by Crippen LogP contribution is 2.09. The summed E-state index contributed by atoms with van der Waals surface area (Å²) in [5.41, 5.74) is 0. The molecule has 4 nitrogen and oxygen atoms in total. The lowest BCUT2D eigenvalue weighted by atomic mass is 10.1. The first kappa shape index (κ1) is 11.7. The summed E-state index contributed by atoms with van der Waals surface area (Å²) in [5.74, 6) is 0. The molecule has 16 heavy (non-hydrogen) atoms. The number of likely N-dealkylation sites (tertiary alicyclic amines) is 1. The van der Waals surface area contributed by atoms with Gasteiger partial charge >= 0.3 is 6.03 Å². The van der Waals surface area contributed by atoms with Crippen LogP contribution in [0.1, 0.15) is 38.5 Å². The molecular weight excluding hydrogens is 202 g/mol. The van der Waals surface area contributed by atoms with Crippen molar-refractivity contribution in [3.05, 3.63) is 0 Å². The Kier molecular flexibility index (Phi) is 4.45. The second kappa shape index (κ2) is 6.09. The maximum Gasteiger partial charge on any atom is 0.317 e. The van der Waals surface area contributed by atoms with Crippen molar-refractivity contribution < 1.29 is 4.79 Å². The molecule has 2 saturated heterocycles. The molecule has 1 unspecified atom stereocenters. The van der Waals surface area contributed by atoms with Gasteiger partial charge < -0.3 is 15.5 Å². The van der Waals surface area contributed by atoms with Crippen LogP contribution in [0.4, 0.5) is 4.79 Å². The van der Waals surface area contributed by atoms with E-state index in [1.807, 2.05) is 4.90 Å². The molecule has 2 amide bonds. The van der Waals surface area contributed by atoms with E-state index < -0.39 is 0 Å². The molecule has 0 aliphatic carbocycles. The van der Waals surface area contributed by atoms with E-state index in [4.69, 9.17) is 0 Å². The van der Waals surface area contributed by atoms with Gasteiger partial charge in [0.1, 0.15) is 0 Å². The van der Waals surface area contributed by atoms with Gasteiger partial charge in [-0.15, -0.1) is 0 Å². The molecule has 2 aliphatic rings. The minimum absolute atomic E-state index is 0.132. The maximum absolute atomic E-state index is 11.8. The summed E-state index contributed by atoms with van der Waals surface area (Å²) < 4.78 is 0. The number of hydrogen-bond donors (Lipinski definition) is 2. The third kappa shape index (κ3) is 3.37. The van der Waals surface area contributed by atoms with Crippen LogP contribution in [0.2, 0.25) is 0 Å². The molecule has 2 heterocycles. The van der Waals surface area contributed by atoms with Crippen molar-refractivity contribution in [2.24, 2.45) is 0 Å². The van der Waals surface area contributed by atoms with Crippen molar-refractivity contribution in [3.8, 4) is 0 Å². The number of rotatable bonds is 2. The van der Waals surface area contributed by atoms with Gasteiger partial charge in [-0.05, 0) is 38.6 Å². The van der Waals surface area contributed by atoms with Crippen molar-refractivity contribution in [1.82, 2.24) is 15.5 Å². The number of nitrogens with one attached hydrogen (secondary N) is 2. The fourth-order valence-corrected chi connectivity index (χ4v) is 2.52. The highest BCUT2D eigenvalue weighted by atomic mass is 16.2. The average Bonchev–Trinajstić information content (AvgIpc) is 2.38. The summed E-state index contributed by atoms with van der Waals surface area (Å²) in [5, 5.41) is 6.49. The van der Waals surface area contributed by atoms with Crippen LogP contribution in [0.15, 0.2) is 0 Å². The summed E-state index contributed by atoms with van der Waals surface area (Å²) >= 11 is 0. The van der Waals surface area contributed by atoms with E-state index in [0.29, 0.717) is 6.04 Å². The third-order valence-electron chi connectivity index (χ3n) is 3.56. The van der Waals surface area contributed by atoms with Crippen LogP contribution in [0.25, 0.3) is 0 Å². The van der Waals surface area contributed by atoms with Gasteiger partial charge in [0.2, 0.25) is 0 Å². The molecule has 0 bridgehead atoms. The highest BCUT2D eigenvalue weighted by molar-refractivity contribution is 5.74. The monoisotopic (exact) mass is 225 g/mol. The lowest BCUT2D eigenvalue weighted by molar-refractivity contribution is 0.184. The number of carbonyl (C=O) groups is 1. The Morgan fingerprint density at radius 3 is 2.69 bits per heavy atom. The molecule has 2 rings (SSSR count). The highest BCUT2D eigenvalue weighted by Gasteiger charge is 2.18. The van der Waals surface area contributed by atoms with E-state index in [0.717, 1.165) is 39.0 Å². The molecule has 92 valence electrons. The molecule has 0 aromatic carbocycles. The number of carbonyl (C=O) groups excluding carboxylic acids is 1. The van der Waals surface area contributed by atoms with Crippen LogP contribution in [-0.4, -0.2) is 43.2 Å². The first-order valence-corrected chi connectivity index (χ1v) is 6.62. The zero-order valence-corrected chi connectivity index (χ0v) is 10.0. The molecule has 2 N–H and O–H groups in total. The van der Waals surface area contributed by atoms with Crippen LogP contribution in [0.3, 0.4) is 0 Å². The predicted octanol–water partition coefficient (Wildman–Crippen LogP) is 1.32. The van der Waals surface area contributed by atoms with Gasteiger partial charge in [-0.1, -0.05) is 6.42 Å². The largest absolute Gasteiger partial charge is 0.336 e. The van der Waals surface area contributed by atoms with Gasteiger partial charge in [0.05, 0.1) is 0 Å². The van der Waals surface area contributed by atoms with Crippen molar-refractivity contribution >= 4 is 6.03 Å². The van der Waals surface area contributed by atoms with Gasteiger partial charge in [0.25, 0.3) is 0 Å². The Bertz CT molecular complexity index is 220. The van der Waals surface area contributed by atoms with Gasteiger partial charge in [-0.3, -0.25) is 0 Å². The van der Waals surface area contributed by atoms with E-state index in [9.17, 15) is 4.79 Å². The van der Waals surface area contributed by atoms with E-state index in [-0.39, 0.29) is 6.03 Å². The number of nitrogens with zero attached hydrogens (tertiary/aromatic N) is 1. The molecule has 0 aromatic heterocycles. The molecule has 4 heteroatoms. The molecule has 0 spiro atoms. The van der Waals surface area contributed by atoms with Gasteiger partial charge in [0, 0.05) is 25.7 Å². The first-order chi connectivity index (χ1) is 7.86. The molecule has 2 aliphatic heterocycles. The molecule has 0 aromatic rings. The SMILES string of the molecule is O=C(NCC1CCCCN1)N1CCCCC1. The number of urea groups is 1. The van der Waals surface area contributed by atoms with Crippen LogP contribution < -0.4 is 10.6 Å². The molecule has 0 radical (unpaired) electrons. The molecule has 0 saturated carbocycles. The summed E-state index contributed by atoms with van der Waals surface area (Å²) in [7, 11) is 0. The minimum atomic E-state index is 0.132. The number of piperidine rings is 2. The number of amides is 2. The maximum atomic E-state index is 11.8. The molecule has 1 atom stereocenters. The smallest absolute Gasteiger partial charge is 0.317 e. The summed E-state index contributed by atoms with van der Waals surface area (Å²) in [6.07, 6.45) is 7.35. The lowest BCUT2D eigenvalue weighted by Crippen LogP contribution is -2.48. The van der Waals surface area contributed by atoms with Crippen LogP contribution in [0.5, 0.6) is 0 Å². The topological polar surface area (TPSA) is 44.4 Å². The predicted molar refractivity (Wildman–Crippen MR) is 64.5 cm³/mol. The van der Waals surface area contributed by atoms with Gasteiger partial charge in [-0.25, -0.2) is 4.79 Å². The van der Waals surface area contributed by atoms with Gasteiger partial charge in [0.15, 0.2) is 0 Å². The second-order valence-electron chi connectivity index (χ2n) is 4.88. The standard InChI is InChI=1S/C12H23N3O/c16-12(15-8-4-1-5-9-15)14-10-11-6-2-3-7-13-11/h11,13H,1-10H2,(H,14,16). The fraction of sp³-hybridized carbons (Fsp3) is 0.917. The Balaban J connectivity index is 1.65. The van der Waals surface area contributed by atoms with E-state index >= 15 is 0 Å². The normalized spacial score (nSPS) is 26.5. The van der Waals surface area contributed by atoms with Crippen LogP contribution >= 0.6 is 0 Å². The Morgan fingerprint density at radius 2 is 2.00 bits per heavy atom. The summed E-state index contributed by atoms with van der Waals surface area (Å²) in [6, 6.07) is 0.620. The average molecular weight is 225 g/mol. The lowest BCUT2D eigenvalue weighted by Gasteiger charge is -2.29. The van der Waals surface area contributed by atoms with Gasteiger partial charge in [-0.2, -0.15) is 0 Å². The van der Waals surface area contributed by atoms with E-state index in [1.54, 1.807) is 0 Å². The minimum Gasteiger partial charge on any atom is -0.336 e. The third-order valence-corrected chi connectivity index (χ3v) is 3.56. The van der Waals surface area contributed by atoms with Crippen molar-refractivity contribution in [3.63, 3.8) is 0 Å². The summed E-state index contributed by atoms with van der Waals surface area (Å²) in [4.78, 5) is 13.8. The molecular formula is C12H23N3O. The zero-order chi connectivity index (χ0) is 11.2. The van der Waals surface area contributed by atoms with Crippen molar-refractivity contribution in [1.29, 1.82) is 0 Å². The van der Waals surface area contributed by atoms with E-state index in [1.165, 1.54) is 25.7 Å². The quantitative estimate of drug-likeness (QED) is 0.744. The van der Waals surface area contributed by atoms with Crippen molar-refractivity contribution in [2.45, 2.75) is 44.6 Å². The Labute approximate surface area is 97.8 Å². The Morgan fingerprint density at radius 1 is 1.19 bits per heavy atom. The zero-order valence-electron chi connectivity index (χ0n) is 10.0. The van der Waals surface area contributed by atoms with Crippen molar-refractivity contribution in [2.75, 3.05) is 26.2 Å². The van der Waals surface area contributed by atoms with Crippen LogP contribution in [0, 0.1) is 0 Å².